The molecule has 0 saturated heterocycles. The lowest BCUT2D eigenvalue weighted by Gasteiger charge is -2.11. The van der Waals surface area contributed by atoms with E-state index in [-0.39, 0.29) is 17.0 Å². The normalized spacial score (nSPS) is 11.2. The van der Waals surface area contributed by atoms with Crippen LogP contribution in [0, 0.1) is 31.0 Å². The molecule has 0 radical (unpaired) electrons. The second-order valence-electron chi connectivity index (χ2n) is 7.28. The average molecular weight is 483 g/mol. The van der Waals surface area contributed by atoms with Crippen molar-refractivity contribution in [3.05, 3.63) is 82.9 Å². The number of ether oxygens (including phenoxy) is 2. The number of anilines is 1. The summed E-state index contributed by atoms with van der Waals surface area (Å²) in [5.41, 5.74) is 1.64. The molecule has 35 heavy (non-hydrogen) atoms. The first-order chi connectivity index (χ1) is 16.7. The van der Waals surface area contributed by atoms with Crippen molar-refractivity contribution in [1.82, 2.24) is 4.57 Å². The Hall–Kier alpha value is -4.52. The standard InChI is InChI=1S/C25H20F3N3O4/c1-15-11-17(16(2)31(15)21-9-5-3-7-19(21)26)12-18(13-29)24(33)34-14-23(32)30-20-8-4-6-10-22(20)35-25(27)28/h3-12,25H,14H2,1-2H3,(H,30,32)/b18-12+. The molecule has 0 unspecified atom stereocenters. The van der Waals surface area contributed by atoms with E-state index in [1.165, 1.54) is 36.4 Å². The topological polar surface area (TPSA) is 93.3 Å². The molecule has 1 amide bonds. The minimum absolute atomic E-state index is 0.0366. The van der Waals surface area contributed by atoms with Gasteiger partial charge in [-0.25, -0.2) is 9.18 Å². The molecular weight excluding hydrogens is 463 g/mol. The maximum absolute atomic E-state index is 14.3. The summed E-state index contributed by atoms with van der Waals surface area (Å²) >= 11 is 0. The number of aryl methyl sites for hydroxylation is 1. The SMILES string of the molecule is Cc1cc(/C=C(\C#N)C(=O)OCC(=O)Nc2ccccc2OC(F)F)c(C)n1-c1ccccc1F. The Kier molecular flexibility index (Phi) is 7.94. The Labute approximate surface area is 199 Å². The molecule has 1 aromatic heterocycles. The summed E-state index contributed by atoms with van der Waals surface area (Å²) in [6.45, 7) is -0.400. The van der Waals surface area contributed by atoms with Gasteiger partial charge in [-0.15, -0.1) is 0 Å². The molecule has 0 aliphatic rings. The van der Waals surface area contributed by atoms with Gasteiger partial charge >= 0.3 is 12.6 Å². The Morgan fingerprint density at radius 2 is 1.83 bits per heavy atom. The first-order valence-electron chi connectivity index (χ1n) is 10.3. The summed E-state index contributed by atoms with van der Waals surface area (Å²) in [6, 6.07) is 15.1. The van der Waals surface area contributed by atoms with Crippen molar-refractivity contribution in [2.75, 3.05) is 11.9 Å². The van der Waals surface area contributed by atoms with E-state index in [0.717, 1.165) is 0 Å². The van der Waals surface area contributed by atoms with Crippen LogP contribution in [-0.2, 0) is 14.3 Å². The number of aromatic nitrogens is 1. The lowest BCUT2D eigenvalue weighted by Crippen LogP contribution is -2.22. The van der Waals surface area contributed by atoms with Gasteiger partial charge in [0.05, 0.1) is 11.4 Å². The van der Waals surface area contributed by atoms with E-state index >= 15 is 0 Å². The molecule has 2 aromatic carbocycles. The minimum Gasteiger partial charge on any atom is -0.451 e. The number of hydrogen-bond donors (Lipinski definition) is 1. The number of nitrogens with one attached hydrogen (secondary N) is 1. The van der Waals surface area contributed by atoms with Gasteiger partial charge in [-0.3, -0.25) is 4.79 Å². The van der Waals surface area contributed by atoms with E-state index in [4.69, 9.17) is 4.74 Å². The molecule has 3 rings (SSSR count). The average Bonchev–Trinajstić information content (AvgIpc) is 3.09. The number of alkyl halides is 2. The van der Waals surface area contributed by atoms with Gasteiger partial charge in [0.2, 0.25) is 0 Å². The number of hydrogen-bond acceptors (Lipinski definition) is 5. The third kappa shape index (κ3) is 6.09. The predicted octanol–water partition coefficient (Wildman–Crippen LogP) is 4.92. The van der Waals surface area contributed by atoms with E-state index in [1.54, 1.807) is 48.7 Å². The Balaban J connectivity index is 1.72. The van der Waals surface area contributed by atoms with Crippen LogP contribution in [-0.4, -0.2) is 29.7 Å². The molecular formula is C25H20F3N3O4. The lowest BCUT2D eigenvalue weighted by molar-refractivity contribution is -0.142. The molecule has 3 aromatic rings. The number of nitrogens with zero attached hydrogens (tertiary/aromatic N) is 2. The maximum Gasteiger partial charge on any atom is 0.387 e. The van der Waals surface area contributed by atoms with Crippen molar-refractivity contribution in [3.63, 3.8) is 0 Å². The molecule has 0 bridgehead atoms. The van der Waals surface area contributed by atoms with Crippen LogP contribution in [0.5, 0.6) is 5.75 Å². The highest BCUT2D eigenvalue weighted by molar-refractivity contribution is 6.00. The zero-order valence-corrected chi connectivity index (χ0v) is 18.7. The smallest absolute Gasteiger partial charge is 0.387 e. The van der Waals surface area contributed by atoms with Crippen molar-refractivity contribution in [2.45, 2.75) is 20.5 Å². The lowest BCUT2D eigenvalue weighted by atomic mass is 10.1. The predicted molar refractivity (Wildman–Crippen MR) is 121 cm³/mol. The van der Waals surface area contributed by atoms with Crippen LogP contribution in [0.2, 0.25) is 0 Å². The zero-order chi connectivity index (χ0) is 25.5. The van der Waals surface area contributed by atoms with Crippen molar-refractivity contribution in [3.8, 4) is 17.5 Å². The number of esters is 1. The maximum atomic E-state index is 14.3. The fourth-order valence-electron chi connectivity index (χ4n) is 3.39. The first kappa shape index (κ1) is 25.1. The van der Waals surface area contributed by atoms with Gasteiger partial charge in [-0.1, -0.05) is 24.3 Å². The van der Waals surface area contributed by atoms with Crippen LogP contribution < -0.4 is 10.1 Å². The highest BCUT2D eigenvalue weighted by Crippen LogP contribution is 2.26. The first-order valence-corrected chi connectivity index (χ1v) is 10.3. The van der Waals surface area contributed by atoms with Gasteiger partial charge in [0.25, 0.3) is 5.91 Å². The van der Waals surface area contributed by atoms with Gasteiger partial charge in [-0.05, 0) is 55.8 Å². The number of rotatable bonds is 8. The van der Waals surface area contributed by atoms with Crippen molar-refractivity contribution < 1.29 is 32.2 Å². The molecule has 0 spiro atoms. The third-order valence-electron chi connectivity index (χ3n) is 4.92. The largest absolute Gasteiger partial charge is 0.451 e. The minimum atomic E-state index is -3.09. The number of carbonyl (C=O) groups is 2. The Bertz CT molecular complexity index is 1330. The quantitative estimate of drug-likeness (QED) is 0.279. The molecule has 1 heterocycles. The number of nitriles is 1. The summed E-state index contributed by atoms with van der Waals surface area (Å²) in [5, 5.41) is 11.7. The van der Waals surface area contributed by atoms with E-state index in [9.17, 15) is 28.0 Å². The number of amides is 1. The van der Waals surface area contributed by atoms with Gasteiger partial charge in [0, 0.05) is 11.4 Å². The number of carbonyl (C=O) groups excluding carboxylic acids is 2. The molecule has 0 aliphatic carbocycles. The van der Waals surface area contributed by atoms with Crippen molar-refractivity contribution in [2.24, 2.45) is 0 Å². The Morgan fingerprint density at radius 3 is 2.51 bits per heavy atom. The molecule has 0 saturated carbocycles. The van der Waals surface area contributed by atoms with Crippen LogP contribution >= 0.6 is 0 Å². The van der Waals surface area contributed by atoms with Crippen LogP contribution in [0.15, 0.2) is 60.2 Å². The number of para-hydroxylation sites is 3. The molecule has 7 nitrogen and oxygen atoms in total. The second-order valence-corrected chi connectivity index (χ2v) is 7.28. The summed E-state index contributed by atoms with van der Waals surface area (Å²) in [6.07, 6.45) is 1.28. The summed E-state index contributed by atoms with van der Waals surface area (Å²) in [4.78, 5) is 24.5. The van der Waals surface area contributed by atoms with E-state index in [1.807, 2.05) is 0 Å². The highest BCUT2D eigenvalue weighted by atomic mass is 19.3. The number of halogens is 3. The van der Waals surface area contributed by atoms with Gasteiger partial charge in [-0.2, -0.15) is 14.0 Å². The number of benzene rings is 2. The molecule has 10 heteroatoms. The summed E-state index contributed by atoms with van der Waals surface area (Å²) < 4.78 is 50.2. The molecule has 180 valence electrons. The molecule has 0 fully saturated rings. The highest BCUT2D eigenvalue weighted by Gasteiger charge is 2.18. The molecule has 0 atom stereocenters. The Morgan fingerprint density at radius 1 is 1.14 bits per heavy atom. The zero-order valence-electron chi connectivity index (χ0n) is 18.7. The van der Waals surface area contributed by atoms with Gasteiger partial charge in [0.15, 0.2) is 6.61 Å². The summed E-state index contributed by atoms with van der Waals surface area (Å²) in [5.74, 6) is -2.57. The fourth-order valence-corrected chi connectivity index (χ4v) is 3.39. The van der Waals surface area contributed by atoms with E-state index in [0.29, 0.717) is 22.6 Å². The van der Waals surface area contributed by atoms with Crippen LogP contribution in [0.1, 0.15) is 17.0 Å². The van der Waals surface area contributed by atoms with Crippen molar-refractivity contribution in [1.29, 1.82) is 5.26 Å². The van der Waals surface area contributed by atoms with Crippen LogP contribution in [0.3, 0.4) is 0 Å². The molecule has 0 aliphatic heterocycles. The summed E-state index contributed by atoms with van der Waals surface area (Å²) in [7, 11) is 0. The van der Waals surface area contributed by atoms with Gasteiger partial charge in [0.1, 0.15) is 23.2 Å². The fraction of sp³-hybridized carbons (Fsp3) is 0.160. The van der Waals surface area contributed by atoms with Crippen molar-refractivity contribution >= 4 is 23.6 Å². The van der Waals surface area contributed by atoms with Gasteiger partial charge < -0.3 is 19.4 Å². The van der Waals surface area contributed by atoms with E-state index in [2.05, 4.69) is 10.1 Å². The van der Waals surface area contributed by atoms with Crippen LogP contribution in [0.25, 0.3) is 11.8 Å². The monoisotopic (exact) mass is 483 g/mol. The molecule has 1 N–H and O–H groups in total. The third-order valence-corrected chi connectivity index (χ3v) is 4.92. The van der Waals surface area contributed by atoms with E-state index < -0.39 is 30.9 Å². The second kappa shape index (κ2) is 11.1. The van der Waals surface area contributed by atoms with Crippen LogP contribution in [0.4, 0.5) is 18.9 Å².